The number of methoxy groups -OCH3 is 1. The minimum absolute atomic E-state index is 0.0180. The highest BCUT2D eigenvalue weighted by molar-refractivity contribution is 6.12. The molecule has 0 heterocycles. The second-order valence-electron chi connectivity index (χ2n) is 10.8. The van der Waals surface area contributed by atoms with Crippen LogP contribution in [0.4, 0.5) is 0 Å². The monoisotopic (exact) mass is 436 g/mol. The van der Waals surface area contributed by atoms with E-state index in [1.165, 1.54) is 0 Å². The van der Waals surface area contributed by atoms with Gasteiger partial charge in [-0.1, -0.05) is 71.9 Å². The third-order valence-corrected chi connectivity index (χ3v) is 6.49. The Morgan fingerprint density at radius 3 is 1.97 bits per heavy atom. The summed E-state index contributed by atoms with van der Waals surface area (Å²) in [5.41, 5.74) is 1.77. The molecule has 1 aromatic rings. The molecule has 0 saturated carbocycles. The van der Waals surface area contributed by atoms with Gasteiger partial charge in [-0.2, -0.15) is 0 Å². The van der Waals surface area contributed by atoms with Gasteiger partial charge in [-0.3, -0.25) is 4.79 Å². The van der Waals surface area contributed by atoms with Gasteiger partial charge in [-0.25, -0.2) is 4.79 Å². The summed E-state index contributed by atoms with van der Waals surface area (Å²) >= 11 is 0. The van der Waals surface area contributed by atoms with E-state index >= 15 is 0 Å². The molecule has 0 N–H and O–H groups in total. The van der Waals surface area contributed by atoms with E-state index in [-0.39, 0.29) is 28.5 Å². The van der Waals surface area contributed by atoms with Crippen molar-refractivity contribution in [2.24, 2.45) is 16.2 Å². The number of Topliss-reactive ketones (excluding diaryl/α,β-unsaturated/α-hetero) is 1. The Kier molecular flexibility index (Phi) is 6.29. The van der Waals surface area contributed by atoms with Gasteiger partial charge in [-0.15, -0.1) is 0 Å². The highest BCUT2D eigenvalue weighted by atomic mass is 16.5. The average Bonchev–Trinajstić information content (AvgIpc) is 3.06. The fourth-order valence-corrected chi connectivity index (χ4v) is 4.78. The van der Waals surface area contributed by atoms with Gasteiger partial charge in [0.1, 0.15) is 5.75 Å². The highest BCUT2D eigenvalue weighted by Gasteiger charge is 2.51. The van der Waals surface area contributed by atoms with E-state index in [9.17, 15) is 9.59 Å². The van der Waals surface area contributed by atoms with Gasteiger partial charge in [0, 0.05) is 28.1 Å². The lowest BCUT2D eigenvalue weighted by molar-refractivity contribution is -0.139. The van der Waals surface area contributed by atoms with Crippen molar-refractivity contribution in [3.8, 4) is 5.75 Å². The summed E-state index contributed by atoms with van der Waals surface area (Å²) in [7, 11) is 1.65. The van der Waals surface area contributed by atoms with E-state index < -0.39 is 5.41 Å². The van der Waals surface area contributed by atoms with E-state index in [0.717, 1.165) is 22.5 Å². The number of allylic oxidation sites excluding steroid dienone is 5. The summed E-state index contributed by atoms with van der Waals surface area (Å²) in [6.45, 7) is 14.5. The first kappa shape index (κ1) is 24.0. The predicted molar refractivity (Wildman–Crippen MR) is 128 cm³/mol. The van der Waals surface area contributed by atoms with Gasteiger partial charge in [0.2, 0.25) is 0 Å². The second kappa shape index (κ2) is 8.38. The maximum Gasteiger partial charge on any atom is 0.334 e. The molecule has 0 bridgehead atoms. The smallest absolute Gasteiger partial charge is 0.334 e. The molecule has 0 fully saturated rings. The number of ether oxygens (including phenoxy) is 2. The number of hydrogen-bond donors (Lipinski definition) is 0. The lowest BCUT2D eigenvalue weighted by atomic mass is 9.60. The standard InChI is InChI=1S/C28H36O4/c1-9-32-25(30)21-15-14-20(18-10-12-19(31-8)13-11-18)28(21)16-22(26(2,3)4)24(29)23(17-28)27(5,6)7/h10-13,15-17,20H,9,14H2,1-8H3. The Labute approximate surface area is 192 Å². The second-order valence-corrected chi connectivity index (χ2v) is 10.8. The molecule has 4 nitrogen and oxygen atoms in total. The van der Waals surface area contributed by atoms with E-state index in [1.807, 2.05) is 25.1 Å². The van der Waals surface area contributed by atoms with E-state index in [0.29, 0.717) is 18.6 Å². The average molecular weight is 437 g/mol. The van der Waals surface area contributed by atoms with Crippen molar-refractivity contribution in [3.63, 3.8) is 0 Å². The summed E-state index contributed by atoms with van der Waals surface area (Å²) < 4.78 is 10.8. The van der Waals surface area contributed by atoms with Crippen molar-refractivity contribution in [2.45, 2.75) is 60.8 Å². The molecule has 1 aromatic carbocycles. The Bertz CT molecular complexity index is 957. The van der Waals surface area contributed by atoms with E-state index in [2.05, 4.69) is 65.8 Å². The molecule has 2 aliphatic rings. The van der Waals surface area contributed by atoms with Gasteiger partial charge in [0.05, 0.1) is 13.7 Å². The topological polar surface area (TPSA) is 52.6 Å². The number of carbonyl (C=O) groups is 2. The van der Waals surface area contributed by atoms with Crippen molar-refractivity contribution in [3.05, 3.63) is 64.8 Å². The van der Waals surface area contributed by atoms with Crippen molar-refractivity contribution < 1.29 is 19.1 Å². The lowest BCUT2D eigenvalue weighted by Crippen LogP contribution is -2.37. The molecular weight excluding hydrogens is 400 g/mol. The van der Waals surface area contributed by atoms with E-state index in [4.69, 9.17) is 9.47 Å². The van der Waals surface area contributed by atoms with Crippen LogP contribution in [0.5, 0.6) is 5.75 Å². The molecule has 2 aliphatic carbocycles. The summed E-state index contributed by atoms with van der Waals surface area (Å²) in [5, 5.41) is 0. The van der Waals surface area contributed by atoms with Crippen LogP contribution in [0.2, 0.25) is 0 Å². The van der Waals surface area contributed by atoms with Crippen molar-refractivity contribution in [1.82, 2.24) is 0 Å². The Morgan fingerprint density at radius 1 is 1.00 bits per heavy atom. The van der Waals surface area contributed by atoms with Gasteiger partial charge >= 0.3 is 5.97 Å². The SMILES string of the molecule is CCOC(=O)C1=CCC(c2ccc(OC)cc2)C12C=C(C(C)(C)C)C(=O)C(C(C)(C)C)=C2. The summed E-state index contributed by atoms with van der Waals surface area (Å²) in [6.07, 6.45) is 6.79. The molecule has 0 saturated heterocycles. The Hall–Kier alpha value is -2.62. The number of rotatable bonds is 4. The predicted octanol–water partition coefficient (Wildman–Crippen LogP) is 6.19. The molecule has 0 aromatic heterocycles. The first-order chi connectivity index (χ1) is 14.8. The number of hydrogen-bond acceptors (Lipinski definition) is 4. The summed E-state index contributed by atoms with van der Waals surface area (Å²) in [5.74, 6) is 0.525. The molecule has 1 atom stereocenters. The molecule has 1 unspecified atom stereocenters. The largest absolute Gasteiger partial charge is 0.497 e. The molecule has 0 radical (unpaired) electrons. The first-order valence-corrected chi connectivity index (χ1v) is 11.4. The molecule has 0 amide bonds. The summed E-state index contributed by atoms with van der Waals surface area (Å²) in [4.78, 5) is 26.7. The first-order valence-electron chi connectivity index (χ1n) is 11.4. The van der Waals surface area contributed by atoms with Gasteiger partial charge in [0.15, 0.2) is 5.78 Å². The maximum atomic E-state index is 13.6. The normalized spacial score (nSPS) is 20.6. The number of ketones is 1. The van der Waals surface area contributed by atoms with Crippen LogP contribution in [-0.4, -0.2) is 25.5 Å². The zero-order valence-corrected chi connectivity index (χ0v) is 20.7. The van der Waals surface area contributed by atoms with Crippen LogP contribution in [0, 0.1) is 16.2 Å². The zero-order chi connectivity index (χ0) is 23.9. The third kappa shape index (κ3) is 4.20. The molecule has 0 aliphatic heterocycles. The minimum atomic E-state index is -0.736. The molecule has 32 heavy (non-hydrogen) atoms. The Morgan fingerprint density at radius 2 is 1.53 bits per heavy atom. The van der Waals surface area contributed by atoms with E-state index in [1.54, 1.807) is 7.11 Å². The van der Waals surface area contributed by atoms with Gasteiger partial charge < -0.3 is 9.47 Å². The highest BCUT2D eigenvalue weighted by Crippen LogP contribution is 2.57. The zero-order valence-electron chi connectivity index (χ0n) is 20.7. The quantitative estimate of drug-likeness (QED) is 0.528. The third-order valence-electron chi connectivity index (χ3n) is 6.49. The van der Waals surface area contributed by atoms with Crippen LogP contribution < -0.4 is 4.74 Å². The Balaban J connectivity index is 2.30. The van der Waals surface area contributed by atoms with Gasteiger partial charge in [0.25, 0.3) is 0 Å². The van der Waals surface area contributed by atoms with Crippen LogP contribution in [-0.2, 0) is 14.3 Å². The van der Waals surface area contributed by atoms with Gasteiger partial charge in [-0.05, 0) is 41.9 Å². The van der Waals surface area contributed by atoms with Crippen molar-refractivity contribution in [2.75, 3.05) is 13.7 Å². The lowest BCUT2D eigenvalue weighted by Gasteiger charge is -2.41. The van der Waals surface area contributed by atoms with Crippen LogP contribution in [0.3, 0.4) is 0 Å². The number of carbonyl (C=O) groups excluding carboxylic acids is 2. The van der Waals surface area contributed by atoms with Crippen LogP contribution in [0.1, 0.15) is 66.4 Å². The summed E-state index contributed by atoms with van der Waals surface area (Å²) in [6, 6.07) is 8.00. The number of benzene rings is 1. The molecule has 3 rings (SSSR count). The molecule has 172 valence electrons. The molecule has 4 heteroatoms. The minimum Gasteiger partial charge on any atom is -0.497 e. The number of esters is 1. The van der Waals surface area contributed by atoms with Crippen LogP contribution in [0.25, 0.3) is 0 Å². The fourth-order valence-electron chi connectivity index (χ4n) is 4.78. The fraction of sp³-hybridized carbons (Fsp3) is 0.500. The molecule has 1 spiro atoms. The maximum absolute atomic E-state index is 13.6. The van der Waals surface area contributed by atoms with Crippen molar-refractivity contribution >= 4 is 11.8 Å². The molecular formula is C28H36O4. The van der Waals surface area contributed by atoms with Crippen molar-refractivity contribution in [1.29, 1.82) is 0 Å². The van der Waals surface area contributed by atoms with Crippen LogP contribution in [0.15, 0.2) is 59.2 Å². The van der Waals surface area contributed by atoms with Crippen LogP contribution >= 0.6 is 0 Å².